The van der Waals surface area contributed by atoms with Gasteiger partial charge < -0.3 is 29.0 Å². The number of alkyl halides is 3. The van der Waals surface area contributed by atoms with Crippen LogP contribution in [0.4, 0.5) is 13.2 Å². The van der Waals surface area contributed by atoms with Crippen LogP contribution in [0.3, 0.4) is 0 Å². The van der Waals surface area contributed by atoms with E-state index in [1.807, 2.05) is 30.5 Å². The maximum absolute atomic E-state index is 13.9. The van der Waals surface area contributed by atoms with Crippen LogP contribution >= 0.6 is 0 Å². The van der Waals surface area contributed by atoms with Crippen molar-refractivity contribution in [3.63, 3.8) is 0 Å². The van der Waals surface area contributed by atoms with E-state index in [0.717, 1.165) is 28.6 Å². The molecular weight excluding hydrogens is 575 g/mol. The predicted octanol–water partition coefficient (Wildman–Crippen LogP) is 5.95. The predicted molar refractivity (Wildman–Crippen MR) is 161 cm³/mol. The molecule has 4 rings (SSSR count). The maximum atomic E-state index is 13.9. The van der Waals surface area contributed by atoms with Gasteiger partial charge in [0.1, 0.15) is 18.0 Å². The van der Waals surface area contributed by atoms with Crippen LogP contribution in [0.5, 0.6) is 11.5 Å². The van der Waals surface area contributed by atoms with Gasteiger partial charge in [-0.25, -0.2) is 0 Å². The van der Waals surface area contributed by atoms with Crippen LogP contribution in [-0.4, -0.2) is 74.2 Å². The molecule has 4 aromatic rings. The molecule has 0 aliphatic heterocycles. The number of rotatable bonds is 14. The van der Waals surface area contributed by atoms with E-state index in [9.17, 15) is 22.8 Å². The summed E-state index contributed by atoms with van der Waals surface area (Å²) in [6, 6.07) is 17.4. The number of hydrogen-bond donors (Lipinski definition) is 1. The van der Waals surface area contributed by atoms with E-state index >= 15 is 0 Å². The first-order chi connectivity index (χ1) is 21.1. The third kappa shape index (κ3) is 8.10. The van der Waals surface area contributed by atoms with E-state index in [-0.39, 0.29) is 37.6 Å². The number of methoxy groups -OCH3 is 3. The van der Waals surface area contributed by atoms with Crippen LogP contribution in [0.25, 0.3) is 10.9 Å². The van der Waals surface area contributed by atoms with Gasteiger partial charge >= 0.3 is 6.18 Å². The molecule has 234 valence electrons. The number of para-hydroxylation sites is 1. The van der Waals surface area contributed by atoms with Gasteiger partial charge in [0, 0.05) is 56.5 Å². The average molecular weight is 612 g/mol. The summed E-state index contributed by atoms with van der Waals surface area (Å²) in [5.41, 5.74) is 2.01. The van der Waals surface area contributed by atoms with Crippen molar-refractivity contribution in [2.45, 2.75) is 25.6 Å². The summed E-state index contributed by atoms with van der Waals surface area (Å²) in [7, 11) is 4.51. The van der Waals surface area contributed by atoms with Gasteiger partial charge in [-0.3, -0.25) is 9.59 Å². The molecule has 1 heterocycles. The lowest BCUT2D eigenvalue weighted by atomic mass is 10.1. The van der Waals surface area contributed by atoms with Gasteiger partial charge in [-0.15, -0.1) is 0 Å². The van der Waals surface area contributed by atoms with E-state index < -0.39 is 17.6 Å². The van der Waals surface area contributed by atoms with Crippen molar-refractivity contribution in [1.29, 1.82) is 0 Å². The number of H-pyrrole nitrogens is 1. The molecule has 0 saturated carbocycles. The first-order valence-electron chi connectivity index (χ1n) is 14.1. The number of halogens is 3. The van der Waals surface area contributed by atoms with E-state index in [0.29, 0.717) is 36.5 Å². The number of benzene rings is 3. The lowest BCUT2D eigenvalue weighted by Gasteiger charge is -2.28. The Hall–Kier alpha value is -4.51. The Labute approximate surface area is 254 Å². The zero-order valence-electron chi connectivity index (χ0n) is 24.9. The second-order valence-electron chi connectivity index (χ2n) is 10.3. The number of carbonyl (C=O) groups excluding carboxylic acids is 2. The van der Waals surface area contributed by atoms with Gasteiger partial charge in [0.25, 0.3) is 5.91 Å². The number of aromatic nitrogens is 1. The largest absolute Gasteiger partial charge is 0.497 e. The second kappa shape index (κ2) is 14.8. The average Bonchev–Trinajstić information content (AvgIpc) is 3.44. The smallest absolute Gasteiger partial charge is 0.416 e. The molecule has 2 amide bonds. The van der Waals surface area contributed by atoms with Crippen molar-refractivity contribution in [3.05, 3.63) is 95.2 Å². The summed E-state index contributed by atoms with van der Waals surface area (Å²) in [4.78, 5) is 33.9. The number of fused-ring (bicyclic) bond motifs is 1. The molecule has 11 heteroatoms. The lowest BCUT2D eigenvalue weighted by Crippen LogP contribution is -2.44. The number of ether oxygens (including phenoxy) is 3. The van der Waals surface area contributed by atoms with Crippen molar-refractivity contribution >= 4 is 22.7 Å². The van der Waals surface area contributed by atoms with Crippen LogP contribution in [-0.2, 0) is 28.7 Å². The molecule has 0 fully saturated rings. The number of hydrogen-bond acceptors (Lipinski definition) is 5. The summed E-state index contributed by atoms with van der Waals surface area (Å²) in [6.07, 6.45) is -1.58. The van der Waals surface area contributed by atoms with Gasteiger partial charge in [-0.1, -0.05) is 30.3 Å². The topological polar surface area (TPSA) is 84.1 Å². The van der Waals surface area contributed by atoms with Gasteiger partial charge in [0.15, 0.2) is 0 Å². The van der Waals surface area contributed by atoms with Gasteiger partial charge in [-0.2, -0.15) is 13.2 Å². The first kappa shape index (κ1) is 32.4. The Morgan fingerprint density at radius 2 is 1.64 bits per heavy atom. The van der Waals surface area contributed by atoms with Crippen LogP contribution in [0.15, 0.2) is 72.9 Å². The summed E-state index contributed by atoms with van der Waals surface area (Å²) >= 11 is 0. The Morgan fingerprint density at radius 1 is 0.886 bits per heavy atom. The molecule has 0 saturated heterocycles. The summed E-state index contributed by atoms with van der Waals surface area (Å²) in [5, 5.41) is 1.03. The zero-order chi connectivity index (χ0) is 31.7. The highest BCUT2D eigenvalue weighted by Crippen LogP contribution is 2.30. The molecule has 8 nitrogen and oxygen atoms in total. The molecule has 3 aromatic carbocycles. The molecule has 0 radical (unpaired) electrons. The third-order valence-corrected chi connectivity index (χ3v) is 7.36. The Balaban J connectivity index is 1.59. The molecule has 0 spiro atoms. The molecule has 0 aliphatic rings. The summed E-state index contributed by atoms with van der Waals surface area (Å²) in [5.74, 6) is 0.0722. The Kier molecular flexibility index (Phi) is 10.9. The first-order valence-corrected chi connectivity index (χ1v) is 14.1. The van der Waals surface area contributed by atoms with Crippen LogP contribution in [0.2, 0.25) is 0 Å². The van der Waals surface area contributed by atoms with Crippen molar-refractivity contribution < 1.29 is 37.0 Å². The monoisotopic (exact) mass is 611 g/mol. The highest BCUT2D eigenvalue weighted by molar-refractivity contribution is 5.99. The number of aromatic amines is 1. The van der Waals surface area contributed by atoms with Crippen LogP contribution in [0.1, 0.15) is 33.5 Å². The standard InChI is InChI=1S/C33H36F3N3O5/c1-42-18-6-16-39(32(41)28-14-13-26(43-2)19-30(28)44-3)22-31(40)38(21-23-9-11-25(12-10-23)33(34,35)36)17-15-24-20-37-29-8-5-4-7-27(24)29/h4-5,7-14,19-20,37H,6,15-18,21-22H2,1-3H3. The fourth-order valence-electron chi connectivity index (χ4n) is 4.97. The van der Waals surface area contributed by atoms with Gasteiger partial charge in [-0.05, 0) is 54.3 Å². The van der Waals surface area contributed by atoms with Crippen LogP contribution in [0, 0.1) is 0 Å². The van der Waals surface area contributed by atoms with E-state index in [1.54, 1.807) is 30.2 Å². The minimum Gasteiger partial charge on any atom is -0.497 e. The molecule has 0 aliphatic carbocycles. The van der Waals surface area contributed by atoms with Crippen molar-refractivity contribution in [2.24, 2.45) is 0 Å². The molecule has 0 atom stereocenters. The quantitative estimate of drug-likeness (QED) is 0.178. The summed E-state index contributed by atoms with van der Waals surface area (Å²) < 4.78 is 55.4. The molecular formula is C33H36F3N3O5. The highest BCUT2D eigenvalue weighted by Gasteiger charge is 2.30. The molecule has 1 aromatic heterocycles. The highest BCUT2D eigenvalue weighted by atomic mass is 19.4. The molecule has 1 N–H and O–H groups in total. The van der Waals surface area contributed by atoms with Crippen molar-refractivity contribution in [2.75, 3.05) is 47.6 Å². The fourth-order valence-corrected chi connectivity index (χ4v) is 4.97. The van der Waals surface area contributed by atoms with Crippen molar-refractivity contribution in [3.8, 4) is 11.5 Å². The normalized spacial score (nSPS) is 11.4. The van der Waals surface area contributed by atoms with E-state index in [2.05, 4.69) is 4.98 Å². The fraction of sp³-hybridized carbons (Fsp3) is 0.333. The number of amides is 2. The minimum absolute atomic E-state index is 0.0747. The molecule has 0 bridgehead atoms. The number of carbonyl (C=O) groups is 2. The maximum Gasteiger partial charge on any atom is 0.416 e. The van der Waals surface area contributed by atoms with Gasteiger partial charge in [0.05, 0.1) is 25.3 Å². The molecule has 44 heavy (non-hydrogen) atoms. The Morgan fingerprint density at radius 3 is 2.32 bits per heavy atom. The molecule has 0 unspecified atom stereocenters. The SMILES string of the molecule is COCCCN(CC(=O)N(CCc1c[nH]c2ccccc12)Cc1ccc(C(F)(F)F)cc1)C(=O)c1ccc(OC)cc1OC. The Bertz CT molecular complexity index is 1550. The minimum atomic E-state index is -4.46. The summed E-state index contributed by atoms with van der Waals surface area (Å²) in [6.45, 7) is 0.739. The van der Waals surface area contributed by atoms with E-state index in [1.165, 1.54) is 31.3 Å². The third-order valence-electron chi connectivity index (χ3n) is 7.36. The van der Waals surface area contributed by atoms with E-state index in [4.69, 9.17) is 14.2 Å². The second-order valence-corrected chi connectivity index (χ2v) is 10.3. The zero-order valence-corrected chi connectivity index (χ0v) is 24.9. The van der Waals surface area contributed by atoms with Gasteiger partial charge in [0.2, 0.25) is 5.91 Å². The van der Waals surface area contributed by atoms with Crippen LogP contribution < -0.4 is 9.47 Å². The lowest BCUT2D eigenvalue weighted by molar-refractivity contribution is -0.137. The van der Waals surface area contributed by atoms with Crippen molar-refractivity contribution in [1.82, 2.24) is 14.8 Å². The number of nitrogens with zero attached hydrogens (tertiary/aromatic N) is 2. The number of nitrogens with one attached hydrogen (secondary N) is 1.